The van der Waals surface area contributed by atoms with Crippen LogP contribution in [0.5, 0.6) is 5.75 Å². The average molecular weight is 330 g/mol. The smallest absolute Gasteiger partial charge is 0.240 e. The van der Waals surface area contributed by atoms with Crippen molar-refractivity contribution in [2.45, 2.75) is 44.6 Å². The van der Waals surface area contributed by atoms with Gasteiger partial charge in [-0.2, -0.15) is 0 Å². The summed E-state index contributed by atoms with van der Waals surface area (Å²) in [6.45, 7) is 0.876. The fourth-order valence-corrected chi connectivity index (χ4v) is 3.31. The second-order valence-electron chi connectivity index (χ2n) is 6.78. The maximum Gasteiger partial charge on any atom is 0.240 e. The highest BCUT2D eigenvalue weighted by atomic mass is 16.5. The molecular weight excluding hydrogens is 304 g/mol. The van der Waals surface area contributed by atoms with Crippen molar-refractivity contribution in [2.24, 2.45) is 5.92 Å². The number of carbonyl (C=O) groups excluding carboxylic acids is 2. The number of nitrogens with one attached hydrogen (secondary N) is 1. The molecule has 0 aromatic heterocycles. The molecule has 0 radical (unpaired) electrons. The number of ether oxygens (including phenoxy) is 1. The summed E-state index contributed by atoms with van der Waals surface area (Å²) in [5.74, 6) is 1.37. The third kappa shape index (κ3) is 4.28. The van der Waals surface area contributed by atoms with Gasteiger partial charge in [0.2, 0.25) is 11.8 Å². The van der Waals surface area contributed by atoms with Crippen LogP contribution in [0, 0.1) is 5.92 Å². The number of likely N-dealkylation sites (tertiary alicyclic amines) is 1. The summed E-state index contributed by atoms with van der Waals surface area (Å²) in [4.78, 5) is 26.2. The minimum Gasteiger partial charge on any atom is -0.497 e. The maximum absolute atomic E-state index is 12.5. The van der Waals surface area contributed by atoms with Crippen LogP contribution >= 0.6 is 0 Å². The van der Waals surface area contributed by atoms with Crippen LogP contribution < -0.4 is 10.1 Å². The van der Waals surface area contributed by atoms with Gasteiger partial charge < -0.3 is 15.0 Å². The van der Waals surface area contributed by atoms with Gasteiger partial charge in [-0.25, -0.2) is 0 Å². The molecule has 0 spiro atoms. The predicted octanol–water partition coefficient (Wildman–Crippen LogP) is 2.67. The van der Waals surface area contributed by atoms with Gasteiger partial charge in [0.05, 0.1) is 19.7 Å². The Morgan fingerprint density at radius 1 is 1.25 bits per heavy atom. The number of carbonyl (C=O) groups is 2. The van der Waals surface area contributed by atoms with Crippen LogP contribution in [-0.4, -0.2) is 36.9 Å². The summed E-state index contributed by atoms with van der Waals surface area (Å²) in [5, 5.41) is 3.15. The molecule has 1 aliphatic carbocycles. The quantitative estimate of drug-likeness (QED) is 0.872. The number of nitrogens with zero attached hydrogens (tertiary/aromatic N) is 1. The van der Waals surface area contributed by atoms with Crippen molar-refractivity contribution in [3.05, 3.63) is 29.8 Å². The van der Waals surface area contributed by atoms with Crippen molar-refractivity contribution in [3.8, 4) is 5.75 Å². The lowest BCUT2D eigenvalue weighted by Crippen LogP contribution is -2.42. The number of rotatable bonds is 6. The molecule has 0 bridgehead atoms. The number of amides is 2. The van der Waals surface area contributed by atoms with Crippen molar-refractivity contribution in [1.82, 2.24) is 10.2 Å². The number of methoxy groups -OCH3 is 1. The van der Waals surface area contributed by atoms with Crippen LogP contribution in [0.3, 0.4) is 0 Å². The van der Waals surface area contributed by atoms with Crippen LogP contribution in [0.2, 0.25) is 0 Å². The molecule has 1 saturated carbocycles. The third-order valence-corrected chi connectivity index (χ3v) is 4.89. The molecule has 1 N–H and O–H groups in total. The summed E-state index contributed by atoms with van der Waals surface area (Å²) in [6.07, 6.45) is 5.84. The summed E-state index contributed by atoms with van der Waals surface area (Å²) in [6, 6.07) is 7.91. The molecule has 1 heterocycles. The second-order valence-corrected chi connectivity index (χ2v) is 6.78. The largest absolute Gasteiger partial charge is 0.497 e. The third-order valence-electron chi connectivity index (χ3n) is 4.89. The molecule has 5 nitrogen and oxygen atoms in total. The van der Waals surface area contributed by atoms with Crippen LogP contribution in [0.4, 0.5) is 0 Å². The zero-order valence-electron chi connectivity index (χ0n) is 14.3. The molecule has 3 rings (SSSR count). The topological polar surface area (TPSA) is 58.6 Å². The van der Waals surface area contributed by atoms with E-state index < -0.39 is 0 Å². The normalized spacial score (nSPS) is 19.5. The minimum absolute atomic E-state index is 0.0329. The lowest BCUT2D eigenvalue weighted by molar-refractivity contribution is -0.135. The Labute approximate surface area is 143 Å². The summed E-state index contributed by atoms with van der Waals surface area (Å²) in [5.41, 5.74) is 1.11. The van der Waals surface area contributed by atoms with Crippen molar-refractivity contribution in [2.75, 3.05) is 20.2 Å². The first-order valence-electron chi connectivity index (χ1n) is 8.88. The van der Waals surface area contributed by atoms with E-state index in [1.165, 1.54) is 0 Å². The lowest BCUT2D eigenvalue weighted by atomic mass is 10.0. The van der Waals surface area contributed by atoms with E-state index in [2.05, 4.69) is 5.32 Å². The van der Waals surface area contributed by atoms with Gasteiger partial charge in [-0.3, -0.25) is 9.59 Å². The molecule has 1 atom stereocenters. The van der Waals surface area contributed by atoms with E-state index in [1.54, 1.807) is 12.0 Å². The maximum atomic E-state index is 12.5. The van der Waals surface area contributed by atoms with E-state index in [4.69, 9.17) is 4.74 Å². The Kier molecular flexibility index (Phi) is 5.38. The van der Waals surface area contributed by atoms with Crippen molar-refractivity contribution in [3.63, 3.8) is 0 Å². The fraction of sp³-hybridized carbons (Fsp3) is 0.579. The number of hydrogen-bond acceptors (Lipinski definition) is 3. The van der Waals surface area contributed by atoms with Crippen molar-refractivity contribution >= 4 is 11.8 Å². The van der Waals surface area contributed by atoms with Gasteiger partial charge in [-0.15, -0.1) is 0 Å². The summed E-state index contributed by atoms with van der Waals surface area (Å²) >= 11 is 0. The van der Waals surface area contributed by atoms with E-state index in [-0.39, 0.29) is 24.4 Å². The Hall–Kier alpha value is -2.04. The highest BCUT2D eigenvalue weighted by Gasteiger charge is 2.34. The Morgan fingerprint density at radius 3 is 2.67 bits per heavy atom. The monoisotopic (exact) mass is 330 g/mol. The molecule has 2 amide bonds. The van der Waals surface area contributed by atoms with Gasteiger partial charge in [0.1, 0.15) is 5.75 Å². The van der Waals surface area contributed by atoms with E-state index in [0.717, 1.165) is 43.4 Å². The zero-order chi connectivity index (χ0) is 16.9. The number of benzene rings is 1. The molecule has 1 aromatic rings. The van der Waals surface area contributed by atoms with E-state index in [1.807, 2.05) is 24.3 Å². The van der Waals surface area contributed by atoms with E-state index in [9.17, 15) is 9.59 Å². The van der Waals surface area contributed by atoms with Crippen molar-refractivity contribution in [1.29, 1.82) is 0 Å². The molecular formula is C19H26N2O3. The molecule has 1 aliphatic heterocycles. The molecule has 130 valence electrons. The molecule has 24 heavy (non-hydrogen) atoms. The first-order chi connectivity index (χ1) is 11.7. The van der Waals surface area contributed by atoms with Crippen molar-refractivity contribution < 1.29 is 14.3 Å². The zero-order valence-corrected chi connectivity index (χ0v) is 14.3. The average Bonchev–Trinajstić information content (AvgIpc) is 3.43. The summed E-state index contributed by atoms with van der Waals surface area (Å²) < 4.78 is 5.20. The first-order valence-corrected chi connectivity index (χ1v) is 8.88. The van der Waals surface area contributed by atoms with Crippen LogP contribution in [0.1, 0.15) is 50.1 Å². The molecule has 5 heteroatoms. The van der Waals surface area contributed by atoms with E-state index in [0.29, 0.717) is 18.9 Å². The molecule has 1 aromatic carbocycles. The lowest BCUT2D eigenvalue weighted by Gasteiger charge is -2.23. The highest BCUT2D eigenvalue weighted by Crippen LogP contribution is 2.41. The Balaban J connectivity index is 1.62. The van der Waals surface area contributed by atoms with Crippen LogP contribution in [0.15, 0.2) is 24.3 Å². The van der Waals surface area contributed by atoms with Gasteiger partial charge in [0, 0.05) is 13.0 Å². The fourth-order valence-electron chi connectivity index (χ4n) is 3.31. The van der Waals surface area contributed by atoms with E-state index >= 15 is 0 Å². The molecule has 2 fully saturated rings. The standard InChI is InChI=1S/C19H26N2O3/c1-24-16-10-8-15(9-11-16)19(14-6-7-14)20-17(22)13-21-12-4-2-3-5-18(21)23/h8-11,14,19H,2-7,12-13H2,1H3,(H,20,22). The molecule has 1 saturated heterocycles. The van der Waals surface area contributed by atoms with Gasteiger partial charge in [0.15, 0.2) is 0 Å². The molecule has 1 unspecified atom stereocenters. The van der Waals surface area contributed by atoms with Gasteiger partial charge in [-0.05, 0) is 49.3 Å². The summed E-state index contributed by atoms with van der Waals surface area (Å²) in [7, 11) is 1.65. The van der Waals surface area contributed by atoms with Gasteiger partial charge in [0.25, 0.3) is 0 Å². The first kappa shape index (κ1) is 16.8. The van der Waals surface area contributed by atoms with Gasteiger partial charge in [-0.1, -0.05) is 18.6 Å². The highest BCUT2D eigenvalue weighted by molar-refractivity contribution is 5.85. The Morgan fingerprint density at radius 2 is 2.00 bits per heavy atom. The molecule has 2 aliphatic rings. The number of hydrogen-bond donors (Lipinski definition) is 1. The second kappa shape index (κ2) is 7.69. The van der Waals surface area contributed by atoms with Crippen LogP contribution in [-0.2, 0) is 9.59 Å². The van der Waals surface area contributed by atoms with Gasteiger partial charge >= 0.3 is 0 Å². The predicted molar refractivity (Wildman–Crippen MR) is 91.6 cm³/mol. The van der Waals surface area contributed by atoms with Crippen LogP contribution in [0.25, 0.3) is 0 Å². The SMILES string of the molecule is COc1ccc(C(NC(=O)CN2CCCCCC2=O)C2CC2)cc1. The minimum atomic E-state index is -0.0574. The Bertz CT molecular complexity index is 581.